The second kappa shape index (κ2) is 21.3. The molecular weight excluding hydrogens is 577 g/mol. The Morgan fingerprint density at radius 2 is 0.743 bits per heavy atom. The summed E-state index contributed by atoms with van der Waals surface area (Å²) in [7, 11) is 4.33. The minimum atomic E-state index is -0.140. The molecule has 0 saturated heterocycles. The van der Waals surface area contributed by atoms with Gasteiger partial charge >= 0.3 is 27.0 Å². The van der Waals surface area contributed by atoms with Gasteiger partial charge in [-0.1, -0.05) is 25.7 Å². The van der Waals surface area contributed by atoms with Crippen LogP contribution in [0.5, 0.6) is 0 Å². The number of rotatable bonds is 10. The first-order chi connectivity index (χ1) is 17.4. The van der Waals surface area contributed by atoms with Crippen LogP contribution < -0.4 is 5.32 Å². The predicted octanol–water partition coefficient (Wildman–Crippen LogP) is 8.48. The van der Waals surface area contributed by atoms with Gasteiger partial charge in [-0.3, -0.25) is 6.79 Å². The van der Waals surface area contributed by atoms with Crippen molar-refractivity contribution in [1.29, 1.82) is 0 Å². The Morgan fingerprint density at radius 3 is 0.971 bits per heavy atom. The molecule has 0 bridgehead atoms. The summed E-state index contributed by atoms with van der Waals surface area (Å²) >= 11 is 1.62. The first kappa shape index (κ1) is 32.6. The monoisotopic (exact) mass is 634 g/mol. The summed E-state index contributed by atoms with van der Waals surface area (Å²) < 4.78 is 0. The number of hydrogen-bond acceptors (Lipinski definition) is 2. The quantitative estimate of drug-likeness (QED) is 0.0860. The fourth-order valence-corrected chi connectivity index (χ4v) is 16.5. The van der Waals surface area contributed by atoms with E-state index in [-0.39, 0.29) is 15.8 Å². The third-order valence-corrected chi connectivity index (χ3v) is 17.9. The molecule has 206 valence electrons. The van der Waals surface area contributed by atoms with E-state index in [2.05, 4.69) is 21.8 Å². The summed E-state index contributed by atoms with van der Waals surface area (Å²) in [4.78, 5) is 7.75. The summed E-state index contributed by atoms with van der Waals surface area (Å²) in [5.74, 6) is 0. The van der Waals surface area contributed by atoms with Crippen LogP contribution in [-0.4, -0.2) is 54.8 Å². The van der Waals surface area contributed by atoms with Crippen molar-refractivity contribution in [2.75, 3.05) is 25.4 Å². The summed E-state index contributed by atoms with van der Waals surface area (Å²) in [6.45, 7) is 5.98. The van der Waals surface area contributed by atoms with Crippen molar-refractivity contribution in [2.24, 2.45) is 0 Å². The van der Waals surface area contributed by atoms with Crippen molar-refractivity contribution in [3.05, 3.63) is 0 Å². The molecule has 0 aromatic carbocycles. The SMILES string of the molecule is C1CCC([PH+](CCNCC[PH+](C2CCCCC2)C2CCCCC2)C2CCCCC2)CC1.[CH-]=O.[Cl][RuH+2]. The van der Waals surface area contributed by atoms with E-state index in [4.69, 9.17) is 4.79 Å². The molecule has 2 nitrogen and oxygen atoms in total. The molecule has 4 aliphatic rings. The van der Waals surface area contributed by atoms with Gasteiger partial charge < -0.3 is 10.1 Å². The molecule has 4 rings (SSSR count). The summed E-state index contributed by atoms with van der Waals surface area (Å²) in [5.41, 5.74) is 4.70. The van der Waals surface area contributed by atoms with E-state index in [9.17, 15) is 0 Å². The van der Waals surface area contributed by atoms with Gasteiger partial charge in [0.25, 0.3) is 0 Å². The van der Waals surface area contributed by atoms with Crippen LogP contribution in [0.2, 0.25) is 0 Å². The predicted molar refractivity (Wildman–Crippen MR) is 161 cm³/mol. The van der Waals surface area contributed by atoms with Crippen molar-refractivity contribution in [1.82, 2.24) is 5.32 Å². The van der Waals surface area contributed by atoms with Crippen LogP contribution in [0.1, 0.15) is 128 Å². The molecule has 35 heavy (non-hydrogen) atoms. The van der Waals surface area contributed by atoms with Crippen molar-refractivity contribution in [2.45, 2.75) is 151 Å². The fraction of sp³-hybridized carbons (Fsp3) is 0.966. The molecule has 0 amide bonds. The third kappa shape index (κ3) is 12.0. The Bertz CT molecular complexity index is 415. The van der Waals surface area contributed by atoms with Crippen LogP contribution in [0.15, 0.2) is 0 Å². The Morgan fingerprint density at radius 1 is 0.514 bits per heavy atom. The second-order valence-electron chi connectivity index (χ2n) is 11.7. The average molecular weight is 634 g/mol. The van der Waals surface area contributed by atoms with Crippen molar-refractivity contribution < 1.29 is 22.1 Å². The molecule has 0 radical (unpaired) electrons. The zero-order valence-corrected chi connectivity index (χ0v) is 27.1. The molecular formula is C29H57ClNOP2Ru+3. The van der Waals surface area contributed by atoms with Gasteiger partial charge in [0.05, 0.1) is 35.0 Å². The van der Waals surface area contributed by atoms with Gasteiger partial charge in [-0.15, -0.1) is 0 Å². The molecule has 0 unspecified atom stereocenters. The Balaban J connectivity index is 0.00000103. The fourth-order valence-electron chi connectivity index (χ4n) is 7.97. The van der Waals surface area contributed by atoms with Crippen LogP contribution in [-0.2, 0) is 22.1 Å². The average Bonchev–Trinajstić information content (AvgIpc) is 2.97. The molecule has 4 aliphatic carbocycles. The molecule has 0 spiro atoms. The summed E-state index contributed by atoms with van der Waals surface area (Å²) in [6.07, 6.45) is 34.5. The van der Waals surface area contributed by atoms with Gasteiger partial charge in [0.15, 0.2) is 0 Å². The van der Waals surface area contributed by atoms with E-state index >= 15 is 0 Å². The molecule has 0 aliphatic heterocycles. The number of nitrogens with one attached hydrogen (secondary N) is 1. The van der Waals surface area contributed by atoms with Gasteiger partial charge in [-0.25, -0.2) is 0 Å². The van der Waals surface area contributed by atoms with E-state index in [1.54, 1.807) is 132 Å². The maximum atomic E-state index is 7.75. The molecule has 4 saturated carbocycles. The number of hydrogen-bond donors (Lipinski definition) is 1. The van der Waals surface area contributed by atoms with Crippen LogP contribution >= 0.6 is 25.5 Å². The topological polar surface area (TPSA) is 29.1 Å². The van der Waals surface area contributed by atoms with Crippen molar-refractivity contribution in [3.63, 3.8) is 0 Å². The van der Waals surface area contributed by atoms with E-state index in [1.165, 1.54) is 61.4 Å². The molecule has 1 N–H and O–H groups in total. The van der Waals surface area contributed by atoms with E-state index in [0.29, 0.717) is 0 Å². The molecule has 0 heterocycles. The van der Waals surface area contributed by atoms with Crippen molar-refractivity contribution >= 4 is 32.3 Å². The van der Waals surface area contributed by atoms with Gasteiger partial charge in [-0.2, -0.15) is 0 Å². The van der Waals surface area contributed by atoms with E-state index in [1.807, 2.05) is 0 Å². The van der Waals surface area contributed by atoms with E-state index < -0.39 is 0 Å². The van der Waals surface area contributed by atoms with Crippen LogP contribution in [0.4, 0.5) is 0 Å². The van der Waals surface area contributed by atoms with Crippen LogP contribution in [0.3, 0.4) is 0 Å². The zero-order chi connectivity index (χ0) is 25.1. The Labute approximate surface area is 235 Å². The third-order valence-electron chi connectivity index (χ3n) is 9.70. The molecule has 0 atom stereocenters. The summed E-state index contributed by atoms with van der Waals surface area (Å²) in [5, 5.41) is 4.05. The second-order valence-corrected chi connectivity index (χ2v) is 18.3. The Hall–Kier alpha value is 1.40. The maximum absolute atomic E-state index is 7.75. The number of halogens is 1. The van der Waals surface area contributed by atoms with Gasteiger partial charge in [0.2, 0.25) is 0 Å². The first-order valence-electron chi connectivity index (χ1n) is 15.2. The molecule has 6 heteroatoms. The van der Waals surface area contributed by atoms with E-state index in [0.717, 1.165) is 0 Å². The first-order valence-corrected chi connectivity index (χ1v) is 21.3. The van der Waals surface area contributed by atoms with Crippen molar-refractivity contribution in [3.8, 4) is 0 Å². The molecule has 0 aromatic rings. The normalized spacial score (nSPS) is 23.4. The van der Waals surface area contributed by atoms with Gasteiger partial charge in [-0.05, 0) is 103 Å². The molecule has 0 aromatic heterocycles. The Kier molecular flexibility index (Phi) is 19.8. The van der Waals surface area contributed by atoms with Gasteiger partial charge in [0.1, 0.15) is 0 Å². The van der Waals surface area contributed by atoms with Crippen LogP contribution in [0, 0.1) is 0 Å². The van der Waals surface area contributed by atoms with Crippen LogP contribution in [0.25, 0.3) is 0 Å². The number of carbonyl (C=O) groups excluding carboxylic acids is 1. The molecule has 4 fully saturated rings. The standard InChI is InChI=1S/C28H53NP2.CHO.ClH.Ru.H/c1-5-13-25(14-6-1)30(26-15-7-2-8-16-26)23-21-29-22-24-31(27-17-9-3-10-18-27)28-19-11-4-12-20-28;1-2;;;/h25-29H,1-24H2;1H;1H;;/q;-1;;+3;/p+1. The summed E-state index contributed by atoms with van der Waals surface area (Å²) in [6, 6.07) is 0. The zero-order valence-electron chi connectivity index (χ0n) is 22.5. The van der Waals surface area contributed by atoms with Gasteiger partial charge in [0, 0.05) is 28.9 Å². The minimum absolute atomic E-state index is 0.140.